The van der Waals surface area contributed by atoms with Crippen LogP contribution >= 0.6 is 11.3 Å². The smallest absolute Gasteiger partial charge is 0.277 e. The Labute approximate surface area is 145 Å². The fourth-order valence-electron chi connectivity index (χ4n) is 2.20. The molecule has 0 aliphatic rings. The second-order valence-electron chi connectivity index (χ2n) is 5.43. The molecule has 0 N–H and O–H groups in total. The monoisotopic (exact) mass is 338 g/mol. The minimum atomic E-state index is -0.126. The number of rotatable bonds is 5. The van der Waals surface area contributed by atoms with E-state index in [4.69, 9.17) is 4.74 Å². The molecule has 0 fully saturated rings. The third kappa shape index (κ3) is 3.81. The fraction of sp³-hybridized carbons (Fsp3) is 0.158. The van der Waals surface area contributed by atoms with Gasteiger partial charge in [0.05, 0.1) is 0 Å². The van der Waals surface area contributed by atoms with E-state index in [1.165, 1.54) is 16.9 Å². The minimum absolute atomic E-state index is 0.126. The zero-order valence-electron chi connectivity index (χ0n) is 13.6. The van der Waals surface area contributed by atoms with Crippen LogP contribution in [0.5, 0.6) is 5.75 Å². The molecule has 3 aromatic rings. The molecule has 0 aliphatic carbocycles. The zero-order valence-corrected chi connectivity index (χ0v) is 14.4. The first-order valence-corrected chi connectivity index (χ1v) is 8.48. The number of anilines is 1. The van der Waals surface area contributed by atoms with E-state index in [0.29, 0.717) is 12.3 Å². The molecular weight excluding hydrogens is 320 g/mol. The molecule has 0 aliphatic heterocycles. The molecule has 0 spiro atoms. The summed E-state index contributed by atoms with van der Waals surface area (Å²) >= 11 is 1.43. The van der Waals surface area contributed by atoms with Crippen LogP contribution in [0.15, 0.2) is 60.0 Å². The van der Waals surface area contributed by atoms with E-state index in [9.17, 15) is 4.79 Å². The van der Waals surface area contributed by atoms with Gasteiger partial charge in [0.1, 0.15) is 23.1 Å². The summed E-state index contributed by atoms with van der Waals surface area (Å²) in [5.74, 6) is 0.670. The first-order chi connectivity index (χ1) is 11.6. The molecule has 1 amide bonds. The van der Waals surface area contributed by atoms with Crippen LogP contribution in [0.2, 0.25) is 0 Å². The van der Waals surface area contributed by atoms with Crippen molar-refractivity contribution in [2.45, 2.75) is 13.5 Å². The lowest BCUT2D eigenvalue weighted by molar-refractivity contribution is 0.0988. The van der Waals surface area contributed by atoms with Crippen molar-refractivity contribution in [3.63, 3.8) is 0 Å². The standard InChI is InChI=1S/C19H18N2O2S/c1-14-8-10-16(11-9-14)23-12-18-20-17(13-24-18)19(22)21(2)15-6-4-3-5-7-15/h3-11,13H,12H2,1-2H3. The summed E-state index contributed by atoms with van der Waals surface area (Å²) < 4.78 is 5.71. The highest BCUT2D eigenvalue weighted by Crippen LogP contribution is 2.19. The molecule has 0 bridgehead atoms. The van der Waals surface area contributed by atoms with Crippen molar-refractivity contribution in [2.24, 2.45) is 0 Å². The maximum absolute atomic E-state index is 12.5. The van der Waals surface area contributed by atoms with E-state index in [2.05, 4.69) is 4.98 Å². The molecule has 0 saturated heterocycles. The number of amides is 1. The Morgan fingerprint density at radius 1 is 1.12 bits per heavy atom. The van der Waals surface area contributed by atoms with Crippen LogP contribution in [0.1, 0.15) is 21.1 Å². The van der Waals surface area contributed by atoms with Crippen LogP contribution in [0.4, 0.5) is 5.69 Å². The van der Waals surface area contributed by atoms with Gasteiger partial charge in [0, 0.05) is 18.1 Å². The number of carbonyl (C=O) groups excluding carboxylic acids is 1. The Bertz CT molecular complexity index is 813. The number of thiazole rings is 1. The summed E-state index contributed by atoms with van der Waals surface area (Å²) in [6.45, 7) is 2.39. The molecule has 5 heteroatoms. The van der Waals surface area contributed by atoms with Crippen molar-refractivity contribution in [3.05, 3.63) is 76.2 Å². The number of para-hydroxylation sites is 1. The maximum Gasteiger partial charge on any atom is 0.277 e. The largest absolute Gasteiger partial charge is 0.486 e. The maximum atomic E-state index is 12.5. The van der Waals surface area contributed by atoms with Gasteiger partial charge in [0.25, 0.3) is 5.91 Å². The molecule has 2 aromatic carbocycles. The molecule has 0 radical (unpaired) electrons. The first-order valence-electron chi connectivity index (χ1n) is 7.60. The molecule has 0 atom stereocenters. The lowest BCUT2D eigenvalue weighted by Crippen LogP contribution is -2.26. The Morgan fingerprint density at radius 2 is 1.83 bits per heavy atom. The van der Waals surface area contributed by atoms with Crippen molar-refractivity contribution >= 4 is 22.9 Å². The molecule has 1 heterocycles. The van der Waals surface area contributed by atoms with Gasteiger partial charge in [-0.2, -0.15) is 0 Å². The van der Waals surface area contributed by atoms with Gasteiger partial charge in [-0.3, -0.25) is 4.79 Å². The van der Waals surface area contributed by atoms with Gasteiger partial charge in [-0.15, -0.1) is 11.3 Å². The Kier molecular flexibility index (Phi) is 4.91. The fourth-order valence-corrected chi connectivity index (χ4v) is 2.87. The van der Waals surface area contributed by atoms with Crippen molar-refractivity contribution in [3.8, 4) is 5.75 Å². The van der Waals surface area contributed by atoms with Crippen LogP contribution in [-0.2, 0) is 6.61 Å². The van der Waals surface area contributed by atoms with Crippen molar-refractivity contribution in [2.75, 3.05) is 11.9 Å². The highest BCUT2D eigenvalue weighted by Gasteiger charge is 2.16. The molecule has 3 rings (SSSR count). The van der Waals surface area contributed by atoms with Gasteiger partial charge in [-0.05, 0) is 31.2 Å². The van der Waals surface area contributed by atoms with Gasteiger partial charge in [-0.1, -0.05) is 35.9 Å². The van der Waals surface area contributed by atoms with Crippen LogP contribution in [0.3, 0.4) is 0 Å². The number of carbonyl (C=O) groups is 1. The van der Waals surface area contributed by atoms with Gasteiger partial charge >= 0.3 is 0 Å². The van der Waals surface area contributed by atoms with Crippen LogP contribution in [0, 0.1) is 6.92 Å². The predicted molar refractivity (Wildman–Crippen MR) is 96.8 cm³/mol. The summed E-state index contributed by atoms with van der Waals surface area (Å²) in [6, 6.07) is 17.4. The van der Waals surface area contributed by atoms with Crippen molar-refractivity contribution in [1.29, 1.82) is 0 Å². The van der Waals surface area contributed by atoms with Crippen molar-refractivity contribution < 1.29 is 9.53 Å². The minimum Gasteiger partial charge on any atom is -0.486 e. The number of hydrogen-bond donors (Lipinski definition) is 0. The molecule has 1 aromatic heterocycles. The predicted octanol–water partition coefficient (Wildman–Crippen LogP) is 4.31. The molecular formula is C19H18N2O2S. The first kappa shape index (κ1) is 16.2. The number of aryl methyl sites for hydroxylation is 1. The molecule has 4 nitrogen and oxygen atoms in total. The van der Waals surface area contributed by atoms with Crippen LogP contribution in [0.25, 0.3) is 0 Å². The second-order valence-corrected chi connectivity index (χ2v) is 6.37. The molecule has 0 unspecified atom stereocenters. The molecule has 24 heavy (non-hydrogen) atoms. The second kappa shape index (κ2) is 7.27. The number of aromatic nitrogens is 1. The average Bonchev–Trinajstić information content (AvgIpc) is 3.10. The summed E-state index contributed by atoms with van der Waals surface area (Å²) in [5, 5.41) is 2.55. The molecule has 122 valence electrons. The summed E-state index contributed by atoms with van der Waals surface area (Å²) in [4.78, 5) is 18.5. The van der Waals surface area contributed by atoms with Gasteiger partial charge in [0.2, 0.25) is 0 Å². The van der Waals surface area contributed by atoms with Gasteiger partial charge in [0.15, 0.2) is 0 Å². The lowest BCUT2D eigenvalue weighted by Gasteiger charge is -2.15. The number of benzene rings is 2. The third-order valence-electron chi connectivity index (χ3n) is 3.60. The van der Waals surface area contributed by atoms with E-state index in [-0.39, 0.29) is 5.91 Å². The zero-order chi connectivity index (χ0) is 16.9. The lowest BCUT2D eigenvalue weighted by atomic mass is 10.2. The summed E-state index contributed by atoms with van der Waals surface area (Å²) in [5.41, 5.74) is 2.47. The SMILES string of the molecule is Cc1ccc(OCc2nc(C(=O)N(C)c3ccccc3)cs2)cc1. The van der Waals surface area contributed by atoms with E-state index in [0.717, 1.165) is 16.4 Å². The number of ether oxygens (including phenoxy) is 1. The van der Waals surface area contributed by atoms with Gasteiger partial charge in [-0.25, -0.2) is 4.98 Å². The normalized spacial score (nSPS) is 10.4. The highest BCUT2D eigenvalue weighted by atomic mass is 32.1. The third-order valence-corrected chi connectivity index (χ3v) is 4.42. The topological polar surface area (TPSA) is 42.4 Å². The Morgan fingerprint density at radius 3 is 2.54 bits per heavy atom. The van der Waals surface area contributed by atoms with Gasteiger partial charge < -0.3 is 9.64 Å². The summed E-state index contributed by atoms with van der Waals surface area (Å²) in [6.07, 6.45) is 0. The van der Waals surface area contributed by atoms with E-state index in [1.807, 2.05) is 61.5 Å². The van der Waals surface area contributed by atoms with Crippen LogP contribution in [-0.4, -0.2) is 17.9 Å². The Balaban J connectivity index is 1.64. The number of hydrogen-bond acceptors (Lipinski definition) is 4. The average molecular weight is 338 g/mol. The quantitative estimate of drug-likeness (QED) is 0.696. The Hall–Kier alpha value is -2.66. The number of nitrogens with zero attached hydrogens (tertiary/aromatic N) is 2. The summed E-state index contributed by atoms with van der Waals surface area (Å²) in [7, 11) is 1.75. The van der Waals surface area contributed by atoms with Crippen LogP contribution < -0.4 is 9.64 Å². The van der Waals surface area contributed by atoms with E-state index in [1.54, 1.807) is 17.3 Å². The van der Waals surface area contributed by atoms with E-state index >= 15 is 0 Å². The van der Waals surface area contributed by atoms with Crippen molar-refractivity contribution in [1.82, 2.24) is 4.98 Å². The highest BCUT2D eigenvalue weighted by molar-refractivity contribution is 7.09. The van der Waals surface area contributed by atoms with E-state index < -0.39 is 0 Å². The molecule has 0 saturated carbocycles.